The van der Waals surface area contributed by atoms with Crippen LogP contribution in [0.25, 0.3) is 0 Å². The monoisotopic (exact) mass is 290 g/mol. The minimum absolute atomic E-state index is 0.737. The summed E-state index contributed by atoms with van der Waals surface area (Å²) in [6.45, 7) is 7.99. The van der Waals surface area contributed by atoms with Gasteiger partial charge in [-0.05, 0) is 25.1 Å². The largest absolute Gasteiger partial charge is 0.397 e. The zero-order valence-corrected chi connectivity index (χ0v) is 13.4. The van der Waals surface area contributed by atoms with E-state index in [-0.39, 0.29) is 0 Å². The van der Waals surface area contributed by atoms with Crippen molar-refractivity contribution in [2.45, 2.75) is 45.4 Å². The van der Waals surface area contributed by atoms with Crippen molar-refractivity contribution in [2.75, 3.05) is 43.4 Å². The molecule has 0 radical (unpaired) electrons. The summed E-state index contributed by atoms with van der Waals surface area (Å²) in [5.41, 5.74) is 6.42. The quantitative estimate of drug-likeness (QED) is 0.747. The fourth-order valence-electron chi connectivity index (χ4n) is 2.90. The molecule has 1 aliphatic rings. The molecule has 1 saturated heterocycles. The Bertz CT molecular complexity index is 382. The maximum absolute atomic E-state index is 5.69. The van der Waals surface area contributed by atoms with Gasteiger partial charge in [-0.15, -0.1) is 0 Å². The van der Waals surface area contributed by atoms with E-state index < -0.39 is 0 Å². The summed E-state index contributed by atoms with van der Waals surface area (Å²) in [4.78, 5) is 9.36. The summed E-state index contributed by atoms with van der Waals surface area (Å²) in [5.74, 6) is 1.06. The van der Waals surface area contributed by atoms with E-state index in [0.29, 0.717) is 0 Å². The summed E-state index contributed by atoms with van der Waals surface area (Å²) < 4.78 is 0. The SMILES string of the molecule is CCCCCCCCN1CCN(c2ccc(N)cn2)CC1. The van der Waals surface area contributed by atoms with Crippen LogP contribution in [0.1, 0.15) is 45.4 Å². The molecular weight excluding hydrogens is 260 g/mol. The van der Waals surface area contributed by atoms with E-state index in [1.807, 2.05) is 12.1 Å². The van der Waals surface area contributed by atoms with Crippen LogP contribution in [0.15, 0.2) is 18.3 Å². The average Bonchev–Trinajstić information content (AvgIpc) is 2.52. The molecule has 2 rings (SSSR count). The number of rotatable bonds is 8. The van der Waals surface area contributed by atoms with Crippen molar-refractivity contribution in [2.24, 2.45) is 0 Å². The Morgan fingerprint density at radius 1 is 1.00 bits per heavy atom. The molecule has 0 aliphatic carbocycles. The highest BCUT2D eigenvalue weighted by Gasteiger charge is 2.17. The standard InChI is InChI=1S/C17H30N4/c1-2-3-4-5-6-7-10-20-11-13-21(14-12-20)17-9-8-16(18)15-19-17/h8-9,15H,2-7,10-14,18H2,1H3. The Hall–Kier alpha value is -1.29. The van der Waals surface area contributed by atoms with Gasteiger partial charge in [0.05, 0.1) is 11.9 Å². The first-order chi connectivity index (χ1) is 10.3. The lowest BCUT2D eigenvalue weighted by atomic mass is 10.1. The average molecular weight is 290 g/mol. The third-order valence-electron chi connectivity index (χ3n) is 4.29. The van der Waals surface area contributed by atoms with Crippen LogP contribution in [-0.2, 0) is 0 Å². The maximum Gasteiger partial charge on any atom is 0.128 e. The van der Waals surface area contributed by atoms with Crippen molar-refractivity contribution in [3.8, 4) is 0 Å². The van der Waals surface area contributed by atoms with E-state index in [1.54, 1.807) is 6.20 Å². The van der Waals surface area contributed by atoms with Gasteiger partial charge in [0.1, 0.15) is 5.82 Å². The fraction of sp³-hybridized carbons (Fsp3) is 0.706. The molecule has 21 heavy (non-hydrogen) atoms. The summed E-state index contributed by atoms with van der Waals surface area (Å²) >= 11 is 0. The summed E-state index contributed by atoms with van der Waals surface area (Å²) in [7, 11) is 0. The van der Waals surface area contributed by atoms with Gasteiger partial charge in [-0.1, -0.05) is 39.0 Å². The third-order valence-corrected chi connectivity index (χ3v) is 4.29. The van der Waals surface area contributed by atoms with Gasteiger partial charge in [-0.2, -0.15) is 0 Å². The van der Waals surface area contributed by atoms with Crippen LogP contribution in [0.3, 0.4) is 0 Å². The molecule has 0 spiro atoms. The first-order valence-corrected chi connectivity index (χ1v) is 8.48. The van der Waals surface area contributed by atoms with Gasteiger partial charge >= 0.3 is 0 Å². The number of pyridine rings is 1. The van der Waals surface area contributed by atoms with Crippen molar-refractivity contribution < 1.29 is 0 Å². The molecule has 118 valence electrons. The molecule has 0 unspecified atom stereocenters. The van der Waals surface area contributed by atoms with E-state index >= 15 is 0 Å². The second-order valence-corrected chi connectivity index (χ2v) is 6.05. The molecule has 1 fully saturated rings. The predicted molar refractivity (Wildman–Crippen MR) is 90.7 cm³/mol. The minimum atomic E-state index is 0.737. The normalized spacial score (nSPS) is 16.3. The Balaban J connectivity index is 1.61. The van der Waals surface area contributed by atoms with Crippen molar-refractivity contribution in [3.05, 3.63) is 18.3 Å². The van der Waals surface area contributed by atoms with Crippen molar-refractivity contribution in [3.63, 3.8) is 0 Å². The number of anilines is 2. The van der Waals surface area contributed by atoms with E-state index in [1.165, 1.54) is 45.1 Å². The number of nitrogen functional groups attached to an aromatic ring is 1. The molecule has 0 saturated carbocycles. The van der Waals surface area contributed by atoms with Crippen LogP contribution in [0.4, 0.5) is 11.5 Å². The van der Waals surface area contributed by atoms with E-state index in [4.69, 9.17) is 5.73 Å². The number of hydrogen-bond donors (Lipinski definition) is 1. The molecule has 2 N–H and O–H groups in total. The number of unbranched alkanes of at least 4 members (excludes halogenated alkanes) is 5. The van der Waals surface area contributed by atoms with Gasteiger partial charge < -0.3 is 10.6 Å². The zero-order chi connectivity index (χ0) is 14.9. The van der Waals surface area contributed by atoms with Crippen LogP contribution in [-0.4, -0.2) is 42.6 Å². The Morgan fingerprint density at radius 3 is 2.38 bits per heavy atom. The smallest absolute Gasteiger partial charge is 0.128 e. The Labute approximate surface area is 129 Å². The van der Waals surface area contributed by atoms with Crippen LogP contribution in [0, 0.1) is 0 Å². The maximum atomic E-state index is 5.69. The number of hydrogen-bond acceptors (Lipinski definition) is 4. The summed E-state index contributed by atoms with van der Waals surface area (Å²) in [6.07, 6.45) is 10.0. The van der Waals surface area contributed by atoms with E-state index in [9.17, 15) is 0 Å². The highest BCUT2D eigenvalue weighted by molar-refractivity contribution is 5.46. The van der Waals surface area contributed by atoms with E-state index in [2.05, 4.69) is 21.7 Å². The number of nitrogens with two attached hydrogens (primary N) is 1. The van der Waals surface area contributed by atoms with Gasteiger partial charge in [0.15, 0.2) is 0 Å². The molecule has 0 atom stereocenters. The molecule has 4 heteroatoms. The molecule has 1 aromatic heterocycles. The zero-order valence-electron chi connectivity index (χ0n) is 13.4. The molecule has 0 aromatic carbocycles. The number of piperazine rings is 1. The number of nitrogens with zero attached hydrogens (tertiary/aromatic N) is 3. The molecule has 0 bridgehead atoms. The Kier molecular flexibility index (Phi) is 6.80. The lowest BCUT2D eigenvalue weighted by Crippen LogP contribution is -2.46. The predicted octanol–water partition coefficient (Wildman–Crippen LogP) is 3.15. The Morgan fingerprint density at radius 2 is 1.71 bits per heavy atom. The third kappa shape index (κ3) is 5.54. The second kappa shape index (κ2) is 8.88. The molecule has 4 nitrogen and oxygen atoms in total. The molecule has 2 heterocycles. The first kappa shape index (κ1) is 16.1. The van der Waals surface area contributed by atoms with Crippen LogP contribution in [0.2, 0.25) is 0 Å². The van der Waals surface area contributed by atoms with Gasteiger partial charge in [-0.3, -0.25) is 4.90 Å². The van der Waals surface area contributed by atoms with Gasteiger partial charge in [0, 0.05) is 26.2 Å². The molecule has 1 aliphatic heterocycles. The molecule has 0 amide bonds. The fourth-order valence-corrected chi connectivity index (χ4v) is 2.90. The van der Waals surface area contributed by atoms with E-state index in [0.717, 1.165) is 37.7 Å². The van der Waals surface area contributed by atoms with Crippen LogP contribution in [0.5, 0.6) is 0 Å². The van der Waals surface area contributed by atoms with Gasteiger partial charge in [-0.25, -0.2) is 4.98 Å². The number of aromatic nitrogens is 1. The highest BCUT2D eigenvalue weighted by atomic mass is 15.3. The summed E-state index contributed by atoms with van der Waals surface area (Å²) in [6, 6.07) is 3.96. The van der Waals surface area contributed by atoms with Crippen LogP contribution < -0.4 is 10.6 Å². The molecular formula is C17H30N4. The van der Waals surface area contributed by atoms with Gasteiger partial charge in [0.2, 0.25) is 0 Å². The topological polar surface area (TPSA) is 45.4 Å². The molecule has 1 aromatic rings. The van der Waals surface area contributed by atoms with Crippen molar-refractivity contribution >= 4 is 11.5 Å². The van der Waals surface area contributed by atoms with Crippen molar-refractivity contribution in [1.29, 1.82) is 0 Å². The first-order valence-electron chi connectivity index (χ1n) is 8.48. The summed E-state index contributed by atoms with van der Waals surface area (Å²) in [5, 5.41) is 0. The van der Waals surface area contributed by atoms with Crippen LogP contribution >= 0.6 is 0 Å². The minimum Gasteiger partial charge on any atom is -0.397 e. The highest BCUT2D eigenvalue weighted by Crippen LogP contribution is 2.15. The van der Waals surface area contributed by atoms with Gasteiger partial charge in [0.25, 0.3) is 0 Å². The lowest BCUT2D eigenvalue weighted by Gasteiger charge is -2.35. The lowest BCUT2D eigenvalue weighted by molar-refractivity contribution is 0.251. The van der Waals surface area contributed by atoms with Crippen molar-refractivity contribution in [1.82, 2.24) is 9.88 Å². The second-order valence-electron chi connectivity index (χ2n) is 6.05.